The maximum atomic E-state index is 11.7. The third-order valence-electron chi connectivity index (χ3n) is 3.72. The first-order chi connectivity index (χ1) is 8.51. The molecule has 1 aliphatic rings. The van der Waals surface area contributed by atoms with Crippen LogP contribution >= 0.6 is 0 Å². The number of carbonyl (C=O) groups excluding carboxylic acids is 1. The van der Waals surface area contributed by atoms with Crippen LogP contribution in [0, 0.1) is 0 Å². The summed E-state index contributed by atoms with van der Waals surface area (Å²) in [5, 5.41) is 3.05. The predicted molar refractivity (Wildman–Crippen MR) is 70.6 cm³/mol. The molecule has 1 aliphatic heterocycles. The highest BCUT2D eigenvalue weighted by Crippen LogP contribution is 2.15. The Morgan fingerprint density at radius 2 is 2.33 bits per heavy atom. The lowest BCUT2D eigenvalue weighted by atomic mass is 9.98. The average molecular weight is 258 g/mol. The SMILES string of the molecule is CNC(C)(CCN(C)CC1CCCO1)C(=O)OC. The van der Waals surface area contributed by atoms with Crippen LogP contribution < -0.4 is 5.32 Å². The maximum absolute atomic E-state index is 11.7. The second-order valence-corrected chi connectivity index (χ2v) is 5.22. The topological polar surface area (TPSA) is 50.8 Å². The van der Waals surface area contributed by atoms with Crippen molar-refractivity contribution in [2.75, 3.05) is 40.9 Å². The summed E-state index contributed by atoms with van der Waals surface area (Å²) in [7, 11) is 5.28. The zero-order valence-corrected chi connectivity index (χ0v) is 12.0. The monoisotopic (exact) mass is 258 g/mol. The van der Waals surface area contributed by atoms with Crippen LogP contribution in [0.1, 0.15) is 26.2 Å². The average Bonchev–Trinajstić information content (AvgIpc) is 2.87. The van der Waals surface area contributed by atoms with Crippen molar-refractivity contribution in [3.05, 3.63) is 0 Å². The van der Waals surface area contributed by atoms with Gasteiger partial charge in [0.2, 0.25) is 0 Å². The molecule has 0 aliphatic carbocycles. The van der Waals surface area contributed by atoms with E-state index >= 15 is 0 Å². The predicted octanol–water partition coefficient (Wildman–Crippen LogP) is 0.638. The number of ether oxygens (including phenoxy) is 2. The molecular weight excluding hydrogens is 232 g/mol. The molecule has 0 radical (unpaired) electrons. The third-order valence-corrected chi connectivity index (χ3v) is 3.72. The van der Waals surface area contributed by atoms with Crippen molar-refractivity contribution >= 4 is 5.97 Å². The van der Waals surface area contributed by atoms with E-state index in [1.807, 2.05) is 6.92 Å². The molecule has 1 saturated heterocycles. The van der Waals surface area contributed by atoms with Crippen molar-refractivity contribution in [3.63, 3.8) is 0 Å². The second-order valence-electron chi connectivity index (χ2n) is 5.22. The lowest BCUT2D eigenvalue weighted by Gasteiger charge is -2.29. The van der Waals surface area contributed by atoms with Crippen molar-refractivity contribution in [3.8, 4) is 0 Å². The minimum Gasteiger partial charge on any atom is -0.468 e. The summed E-state index contributed by atoms with van der Waals surface area (Å²) in [4.78, 5) is 13.9. The molecule has 0 spiro atoms. The number of likely N-dealkylation sites (N-methyl/N-ethyl adjacent to an activating group) is 2. The van der Waals surface area contributed by atoms with Gasteiger partial charge in [-0.1, -0.05) is 0 Å². The standard InChI is InChI=1S/C13H26N2O3/c1-13(14-2,12(16)17-4)7-8-15(3)10-11-6-5-9-18-11/h11,14H,5-10H2,1-4H3. The Morgan fingerprint density at radius 3 is 2.83 bits per heavy atom. The highest BCUT2D eigenvalue weighted by molar-refractivity contribution is 5.80. The van der Waals surface area contributed by atoms with Crippen LogP contribution in [0.15, 0.2) is 0 Å². The van der Waals surface area contributed by atoms with Crippen LogP contribution in [-0.4, -0.2) is 63.4 Å². The number of carbonyl (C=O) groups is 1. The fraction of sp³-hybridized carbons (Fsp3) is 0.923. The van der Waals surface area contributed by atoms with Gasteiger partial charge in [0.15, 0.2) is 0 Å². The lowest BCUT2D eigenvalue weighted by molar-refractivity contribution is -0.148. The van der Waals surface area contributed by atoms with Gasteiger partial charge in [-0.25, -0.2) is 0 Å². The van der Waals surface area contributed by atoms with Crippen molar-refractivity contribution in [2.45, 2.75) is 37.8 Å². The quantitative estimate of drug-likeness (QED) is 0.679. The van der Waals surface area contributed by atoms with E-state index in [9.17, 15) is 4.79 Å². The van der Waals surface area contributed by atoms with Crippen LogP contribution in [-0.2, 0) is 14.3 Å². The lowest BCUT2D eigenvalue weighted by Crippen LogP contribution is -2.50. The Balaban J connectivity index is 2.34. The van der Waals surface area contributed by atoms with Gasteiger partial charge in [-0.2, -0.15) is 0 Å². The number of nitrogens with one attached hydrogen (secondary N) is 1. The molecule has 0 bridgehead atoms. The van der Waals surface area contributed by atoms with E-state index in [4.69, 9.17) is 9.47 Å². The number of hydrogen-bond acceptors (Lipinski definition) is 5. The molecule has 1 heterocycles. The van der Waals surface area contributed by atoms with Crippen molar-refractivity contribution < 1.29 is 14.3 Å². The van der Waals surface area contributed by atoms with Crippen molar-refractivity contribution in [1.29, 1.82) is 0 Å². The highest BCUT2D eigenvalue weighted by atomic mass is 16.5. The summed E-state index contributed by atoms with van der Waals surface area (Å²) in [6.07, 6.45) is 3.38. The van der Waals surface area contributed by atoms with Gasteiger partial charge in [-0.3, -0.25) is 4.79 Å². The van der Waals surface area contributed by atoms with Crippen molar-refractivity contribution in [2.24, 2.45) is 0 Å². The number of nitrogens with zero attached hydrogens (tertiary/aromatic N) is 1. The first kappa shape index (κ1) is 15.4. The summed E-state index contributed by atoms with van der Waals surface area (Å²) in [5.74, 6) is -0.212. The molecule has 5 heteroatoms. The molecule has 18 heavy (non-hydrogen) atoms. The number of methoxy groups -OCH3 is 1. The molecule has 2 unspecified atom stereocenters. The molecule has 1 N–H and O–H groups in total. The molecule has 1 fully saturated rings. The molecule has 0 aromatic heterocycles. The molecular formula is C13H26N2O3. The Kier molecular flexibility index (Phi) is 6.05. The fourth-order valence-corrected chi connectivity index (χ4v) is 2.20. The van der Waals surface area contributed by atoms with E-state index in [1.54, 1.807) is 7.05 Å². The van der Waals surface area contributed by atoms with Gasteiger partial charge in [0, 0.05) is 19.7 Å². The molecule has 2 atom stereocenters. The smallest absolute Gasteiger partial charge is 0.325 e. The molecule has 5 nitrogen and oxygen atoms in total. The van der Waals surface area contributed by atoms with Gasteiger partial charge in [0.25, 0.3) is 0 Å². The zero-order valence-electron chi connectivity index (χ0n) is 12.0. The summed E-state index contributed by atoms with van der Waals surface area (Å²) in [6, 6.07) is 0. The zero-order chi connectivity index (χ0) is 13.6. The molecule has 0 aromatic carbocycles. The Labute approximate surface area is 110 Å². The molecule has 0 saturated carbocycles. The Bertz CT molecular complexity index is 267. The summed E-state index contributed by atoms with van der Waals surface area (Å²) in [5.41, 5.74) is -0.612. The summed E-state index contributed by atoms with van der Waals surface area (Å²) < 4.78 is 10.4. The minimum atomic E-state index is -0.612. The first-order valence-corrected chi connectivity index (χ1v) is 6.59. The van der Waals surface area contributed by atoms with Gasteiger partial charge < -0.3 is 19.7 Å². The highest BCUT2D eigenvalue weighted by Gasteiger charge is 2.32. The van der Waals surface area contributed by atoms with E-state index in [-0.39, 0.29) is 5.97 Å². The number of esters is 1. The molecule has 106 valence electrons. The van der Waals surface area contributed by atoms with E-state index < -0.39 is 5.54 Å². The second kappa shape index (κ2) is 7.07. The van der Waals surface area contributed by atoms with E-state index in [1.165, 1.54) is 7.11 Å². The first-order valence-electron chi connectivity index (χ1n) is 6.59. The maximum Gasteiger partial charge on any atom is 0.325 e. The summed E-state index contributed by atoms with van der Waals surface area (Å²) in [6.45, 7) is 4.53. The number of rotatable bonds is 7. The Hall–Kier alpha value is -0.650. The van der Waals surface area contributed by atoms with Gasteiger partial charge in [-0.05, 0) is 40.3 Å². The van der Waals surface area contributed by atoms with Gasteiger partial charge in [0.05, 0.1) is 13.2 Å². The normalized spacial score (nSPS) is 23.1. The third kappa shape index (κ3) is 4.23. The van der Waals surface area contributed by atoms with Gasteiger partial charge in [0.1, 0.15) is 5.54 Å². The molecule has 0 amide bonds. The largest absolute Gasteiger partial charge is 0.468 e. The van der Waals surface area contributed by atoms with Crippen LogP contribution in [0.25, 0.3) is 0 Å². The summed E-state index contributed by atoms with van der Waals surface area (Å²) >= 11 is 0. The van der Waals surface area contributed by atoms with Gasteiger partial charge >= 0.3 is 5.97 Å². The fourth-order valence-electron chi connectivity index (χ4n) is 2.20. The van der Waals surface area contributed by atoms with Crippen LogP contribution in [0.3, 0.4) is 0 Å². The van der Waals surface area contributed by atoms with Crippen LogP contribution in [0.5, 0.6) is 0 Å². The van der Waals surface area contributed by atoms with Crippen LogP contribution in [0.4, 0.5) is 0 Å². The Morgan fingerprint density at radius 1 is 1.61 bits per heavy atom. The molecule has 1 rings (SSSR count). The minimum absolute atomic E-state index is 0.212. The van der Waals surface area contributed by atoms with E-state index in [0.717, 1.165) is 39.0 Å². The van der Waals surface area contributed by atoms with E-state index in [2.05, 4.69) is 17.3 Å². The van der Waals surface area contributed by atoms with Gasteiger partial charge in [-0.15, -0.1) is 0 Å². The molecule has 0 aromatic rings. The number of hydrogen-bond donors (Lipinski definition) is 1. The van der Waals surface area contributed by atoms with Crippen molar-refractivity contribution in [1.82, 2.24) is 10.2 Å². The van der Waals surface area contributed by atoms with Crippen LogP contribution in [0.2, 0.25) is 0 Å². The van der Waals surface area contributed by atoms with E-state index in [0.29, 0.717) is 6.10 Å².